The number of benzene rings is 1. The third-order valence-corrected chi connectivity index (χ3v) is 3.45. The van der Waals surface area contributed by atoms with Crippen molar-refractivity contribution in [2.75, 3.05) is 5.73 Å². The molecule has 0 fully saturated rings. The number of nitrogen functional groups attached to an aromatic ring is 1. The summed E-state index contributed by atoms with van der Waals surface area (Å²) in [5.74, 6) is -0.148. The van der Waals surface area contributed by atoms with Crippen molar-refractivity contribution in [2.24, 2.45) is 5.10 Å². The van der Waals surface area contributed by atoms with Crippen LogP contribution in [-0.4, -0.2) is 22.2 Å². The number of hydrogen-bond donors (Lipinski definition) is 3. The average molecular weight is 290 g/mol. The van der Waals surface area contributed by atoms with Crippen LogP contribution in [0.3, 0.4) is 0 Å². The number of amides is 1. The maximum absolute atomic E-state index is 11.9. The zero-order valence-electron chi connectivity index (χ0n) is 10.8. The summed E-state index contributed by atoms with van der Waals surface area (Å²) < 4.78 is 0. The Morgan fingerprint density at radius 1 is 1.50 bits per heavy atom. The Hall–Kier alpha value is -2.41. The summed E-state index contributed by atoms with van der Waals surface area (Å²) in [5, 5.41) is 13.4. The van der Waals surface area contributed by atoms with Crippen LogP contribution in [0.5, 0.6) is 5.75 Å². The van der Waals surface area contributed by atoms with E-state index in [4.69, 9.17) is 10.8 Å². The van der Waals surface area contributed by atoms with Gasteiger partial charge in [0.2, 0.25) is 0 Å². The Kier molecular flexibility index (Phi) is 4.31. The Balaban J connectivity index is 2.03. The number of carbonyl (C=O) groups excluding carboxylic acids is 1. The number of phenols is 1. The molecule has 0 spiro atoms. The summed E-state index contributed by atoms with van der Waals surface area (Å²) in [5.41, 5.74) is 9.46. The second kappa shape index (κ2) is 6.16. The first-order valence-electron chi connectivity index (χ1n) is 5.97. The van der Waals surface area contributed by atoms with Gasteiger partial charge in [-0.25, -0.2) is 10.4 Å². The number of anilines is 1. The van der Waals surface area contributed by atoms with Crippen molar-refractivity contribution in [3.63, 3.8) is 0 Å². The number of carbonyl (C=O) groups is 1. The van der Waals surface area contributed by atoms with E-state index < -0.39 is 0 Å². The van der Waals surface area contributed by atoms with Gasteiger partial charge in [-0.05, 0) is 36.2 Å². The van der Waals surface area contributed by atoms with Crippen molar-refractivity contribution in [2.45, 2.75) is 13.3 Å². The standard InChI is InChI=1S/C13H14N4O2S/c1-2-10-11(20-13(14)16-10)12(19)17-15-7-8-3-5-9(18)6-4-8/h3-7,18H,2H2,1H3,(H2,14,16)(H,17,19)/b15-7-. The highest BCUT2D eigenvalue weighted by Gasteiger charge is 2.15. The number of aromatic nitrogens is 1. The highest BCUT2D eigenvalue weighted by Crippen LogP contribution is 2.20. The minimum atomic E-state index is -0.328. The molecule has 1 aromatic heterocycles. The van der Waals surface area contributed by atoms with Gasteiger partial charge in [0.15, 0.2) is 5.13 Å². The quantitative estimate of drug-likeness (QED) is 0.590. The highest BCUT2D eigenvalue weighted by atomic mass is 32.1. The van der Waals surface area contributed by atoms with Gasteiger partial charge in [0.25, 0.3) is 5.91 Å². The fraction of sp³-hybridized carbons (Fsp3) is 0.154. The van der Waals surface area contributed by atoms with E-state index in [0.29, 0.717) is 22.1 Å². The van der Waals surface area contributed by atoms with E-state index in [2.05, 4.69) is 15.5 Å². The second-order valence-corrected chi connectivity index (χ2v) is 5.00. The topological polar surface area (TPSA) is 101 Å². The maximum Gasteiger partial charge on any atom is 0.283 e. The van der Waals surface area contributed by atoms with Crippen LogP contribution in [0.4, 0.5) is 5.13 Å². The largest absolute Gasteiger partial charge is 0.508 e. The second-order valence-electron chi connectivity index (χ2n) is 3.97. The summed E-state index contributed by atoms with van der Waals surface area (Å²) in [6.45, 7) is 1.91. The van der Waals surface area contributed by atoms with E-state index in [1.54, 1.807) is 24.3 Å². The predicted octanol–water partition coefficient (Wildman–Crippen LogP) is 1.76. The van der Waals surface area contributed by atoms with Gasteiger partial charge in [0.1, 0.15) is 10.6 Å². The molecule has 4 N–H and O–H groups in total. The third-order valence-electron chi connectivity index (χ3n) is 2.53. The Labute approximate surface area is 120 Å². The molecule has 0 aliphatic rings. The van der Waals surface area contributed by atoms with E-state index in [1.165, 1.54) is 6.21 Å². The first kappa shape index (κ1) is 14.0. The molecule has 0 bridgehead atoms. The Morgan fingerprint density at radius 2 is 2.20 bits per heavy atom. The molecule has 2 aromatic rings. The zero-order chi connectivity index (χ0) is 14.5. The lowest BCUT2D eigenvalue weighted by molar-refractivity contribution is 0.0958. The lowest BCUT2D eigenvalue weighted by Gasteiger charge is -1.98. The van der Waals surface area contributed by atoms with E-state index in [1.807, 2.05) is 6.92 Å². The highest BCUT2D eigenvalue weighted by molar-refractivity contribution is 7.17. The molecular formula is C13H14N4O2S. The van der Waals surface area contributed by atoms with E-state index in [9.17, 15) is 4.79 Å². The van der Waals surface area contributed by atoms with Crippen LogP contribution < -0.4 is 11.2 Å². The van der Waals surface area contributed by atoms with Crippen molar-refractivity contribution in [3.05, 3.63) is 40.4 Å². The van der Waals surface area contributed by atoms with Crippen LogP contribution in [-0.2, 0) is 6.42 Å². The van der Waals surface area contributed by atoms with Gasteiger partial charge in [-0.1, -0.05) is 18.3 Å². The summed E-state index contributed by atoms with van der Waals surface area (Å²) in [6.07, 6.45) is 2.13. The fourth-order valence-electron chi connectivity index (χ4n) is 1.56. The normalized spacial score (nSPS) is 10.8. The van der Waals surface area contributed by atoms with E-state index in [-0.39, 0.29) is 11.7 Å². The number of phenolic OH excluding ortho intramolecular Hbond substituents is 1. The molecular weight excluding hydrogens is 276 g/mol. The van der Waals surface area contributed by atoms with E-state index >= 15 is 0 Å². The van der Waals surface area contributed by atoms with Crippen molar-refractivity contribution >= 4 is 28.6 Å². The minimum absolute atomic E-state index is 0.180. The number of aryl methyl sites for hydroxylation is 1. The Morgan fingerprint density at radius 3 is 2.85 bits per heavy atom. The fourth-order valence-corrected chi connectivity index (χ4v) is 2.37. The van der Waals surface area contributed by atoms with Gasteiger partial charge in [-0.2, -0.15) is 5.10 Å². The summed E-state index contributed by atoms with van der Waals surface area (Å²) >= 11 is 1.14. The number of hydrogen-bond acceptors (Lipinski definition) is 6. The maximum atomic E-state index is 11.9. The number of nitrogens with one attached hydrogen (secondary N) is 1. The SMILES string of the molecule is CCc1nc(N)sc1C(=O)N/N=C\c1ccc(O)cc1. The van der Waals surface area contributed by atoms with Gasteiger partial charge in [0, 0.05) is 0 Å². The molecule has 2 rings (SSSR count). The molecule has 1 aromatic carbocycles. The number of thiazole rings is 1. The molecule has 104 valence electrons. The van der Waals surface area contributed by atoms with Crippen LogP contribution in [0.1, 0.15) is 27.9 Å². The van der Waals surface area contributed by atoms with Gasteiger partial charge in [-0.15, -0.1) is 0 Å². The van der Waals surface area contributed by atoms with Crippen molar-refractivity contribution in [1.82, 2.24) is 10.4 Å². The number of nitrogens with zero attached hydrogens (tertiary/aromatic N) is 2. The molecule has 6 nitrogen and oxygen atoms in total. The third kappa shape index (κ3) is 3.33. The molecule has 0 saturated carbocycles. The first-order chi connectivity index (χ1) is 9.60. The van der Waals surface area contributed by atoms with Crippen molar-refractivity contribution in [1.29, 1.82) is 0 Å². The van der Waals surface area contributed by atoms with E-state index in [0.717, 1.165) is 16.9 Å². The number of hydrazone groups is 1. The lowest BCUT2D eigenvalue weighted by Crippen LogP contribution is -2.17. The molecule has 1 heterocycles. The molecule has 0 unspecified atom stereocenters. The van der Waals surface area contributed by atoms with Crippen LogP contribution >= 0.6 is 11.3 Å². The van der Waals surface area contributed by atoms with Gasteiger partial charge in [-0.3, -0.25) is 4.79 Å². The summed E-state index contributed by atoms with van der Waals surface area (Å²) in [7, 11) is 0. The number of nitrogens with two attached hydrogens (primary N) is 1. The number of aromatic hydroxyl groups is 1. The zero-order valence-corrected chi connectivity index (χ0v) is 11.6. The van der Waals surface area contributed by atoms with Gasteiger partial charge in [0.05, 0.1) is 11.9 Å². The van der Waals surface area contributed by atoms with Gasteiger partial charge >= 0.3 is 0 Å². The molecule has 20 heavy (non-hydrogen) atoms. The van der Waals surface area contributed by atoms with Gasteiger partial charge < -0.3 is 10.8 Å². The molecule has 0 aliphatic carbocycles. The summed E-state index contributed by atoms with van der Waals surface area (Å²) in [4.78, 5) is 16.5. The molecule has 0 atom stereocenters. The lowest BCUT2D eigenvalue weighted by atomic mass is 10.2. The predicted molar refractivity (Wildman–Crippen MR) is 79.1 cm³/mol. The average Bonchev–Trinajstić information content (AvgIpc) is 2.82. The molecule has 0 aliphatic heterocycles. The number of rotatable bonds is 4. The molecule has 0 saturated heterocycles. The monoisotopic (exact) mass is 290 g/mol. The smallest absolute Gasteiger partial charge is 0.283 e. The summed E-state index contributed by atoms with van der Waals surface area (Å²) in [6, 6.07) is 6.46. The van der Waals surface area contributed by atoms with Crippen LogP contribution in [0, 0.1) is 0 Å². The first-order valence-corrected chi connectivity index (χ1v) is 6.79. The van der Waals surface area contributed by atoms with Crippen LogP contribution in [0.25, 0.3) is 0 Å². The van der Waals surface area contributed by atoms with Crippen molar-refractivity contribution in [3.8, 4) is 5.75 Å². The molecule has 0 radical (unpaired) electrons. The van der Waals surface area contributed by atoms with Crippen molar-refractivity contribution < 1.29 is 9.90 Å². The van der Waals surface area contributed by atoms with Crippen LogP contribution in [0.15, 0.2) is 29.4 Å². The minimum Gasteiger partial charge on any atom is -0.508 e. The van der Waals surface area contributed by atoms with Crippen LogP contribution in [0.2, 0.25) is 0 Å². The molecule has 1 amide bonds. The molecule has 7 heteroatoms. The Bertz CT molecular complexity index is 634.